The molecule has 3 aromatic heterocycles. The fraction of sp³-hybridized carbons (Fsp3) is 0.0870. The van der Waals surface area contributed by atoms with E-state index in [9.17, 15) is 13.2 Å². The molecule has 0 radical (unpaired) electrons. The quantitative estimate of drug-likeness (QED) is 0.358. The molecule has 0 atom stereocenters. The summed E-state index contributed by atoms with van der Waals surface area (Å²) >= 11 is 6.22. The van der Waals surface area contributed by atoms with Crippen LogP contribution in [0.15, 0.2) is 61.2 Å². The number of hydrogen-bond donors (Lipinski definition) is 0. The maximum Gasteiger partial charge on any atom is 0.163 e. The predicted octanol–water partition coefficient (Wildman–Crippen LogP) is 5.55. The van der Waals surface area contributed by atoms with Gasteiger partial charge in [-0.2, -0.15) is 5.10 Å². The van der Waals surface area contributed by atoms with E-state index in [1.54, 1.807) is 42.0 Å². The number of pyridine rings is 1. The number of nitrogens with zero attached hydrogens (tertiary/aromatic N) is 5. The van der Waals surface area contributed by atoms with Gasteiger partial charge in [-0.15, -0.1) is 0 Å². The lowest BCUT2D eigenvalue weighted by Gasteiger charge is -2.08. The van der Waals surface area contributed by atoms with Crippen molar-refractivity contribution < 1.29 is 13.2 Å². The molecule has 0 amide bonds. The molecule has 3 heterocycles. The summed E-state index contributed by atoms with van der Waals surface area (Å²) in [5.41, 5.74) is 2.62. The average Bonchev–Trinajstić information content (AvgIpc) is 3.33. The van der Waals surface area contributed by atoms with Crippen molar-refractivity contribution in [1.82, 2.24) is 24.1 Å². The number of hydrogen-bond acceptors (Lipinski definition) is 3. The minimum Gasteiger partial charge on any atom is -0.301 e. The molecular weight excluding hydrogens is 439 g/mol. The second-order valence-corrected chi connectivity index (χ2v) is 7.76. The van der Waals surface area contributed by atoms with Crippen LogP contribution in [0.5, 0.6) is 0 Å². The summed E-state index contributed by atoms with van der Waals surface area (Å²) in [6, 6.07) is 10.2. The number of benzene rings is 2. The van der Waals surface area contributed by atoms with Gasteiger partial charge < -0.3 is 4.57 Å². The van der Waals surface area contributed by atoms with Crippen LogP contribution in [0.25, 0.3) is 22.5 Å². The van der Waals surface area contributed by atoms with Crippen LogP contribution in [0.1, 0.15) is 17.1 Å². The normalized spacial score (nSPS) is 11.4. The molecule has 0 saturated carbocycles. The van der Waals surface area contributed by atoms with Crippen LogP contribution in [-0.2, 0) is 6.42 Å². The first-order chi connectivity index (χ1) is 15.4. The van der Waals surface area contributed by atoms with Gasteiger partial charge in [0.05, 0.1) is 17.0 Å². The number of halogens is 4. The van der Waals surface area contributed by atoms with Crippen molar-refractivity contribution in [2.24, 2.45) is 0 Å². The third kappa shape index (κ3) is 3.62. The molecule has 0 fully saturated rings. The summed E-state index contributed by atoms with van der Waals surface area (Å²) in [6.07, 6.45) is 4.74. The Morgan fingerprint density at radius 3 is 2.47 bits per heavy atom. The van der Waals surface area contributed by atoms with Crippen molar-refractivity contribution >= 4 is 17.2 Å². The zero-order valence-corrected chi connectivity index (χ0v) is 17.5. The topological polar surface area (TPSA) is 48.0 Å². The van der Waals surface area contributed by atoms with E-state index in [2.05, 4.69) is 15.1 Å². The van der Waals surface area contributed by atoms with Gasteiger partial charge in [0, 0.05) is 29.9 Å². The summed E-state index contributed by atoms with van der Waals surface area (Å²) < 4.78 is 45.7. The highest BCUT2D eigenvalue weighted by Gasteiger charge is 2.17. The Labute approximate surface area is 185 Å². The molecule has 9 heteroatoms. The Morgan fingerprint density at radius 2 is 1.78 bits per heavy atom. The molecule has 0 N–H and O–H groups in total. The van der Waals surface area contributed by atoms with Crippen molar-refractivity contribution in [3.05, 3.63) is 101 Å². The molecule has 160 valence electrons. The molecule has 5 rings (SSSR count). The first-order valence-corrected chi connectivity index (χ1v) is 10.1. The number of aryl methyl sites for hydroxylation is 1. The van der Waals surface area contributed by atoms with Gasteiger partial charge in [-0.25, -0.2) is 27.7 Å². The molecule has 0 spiro atoms. The highest BCUT2D eigenvalue weighted by molar-refractivity contribution is 6.33. The second kappa shape index (κ2) is 7.80. The van der Waals surface area contributed by atoms with E-state index in [1.807, 2.05) is 0 Å². The lowest BCUT2D eigenvalue weighted by atomic mass is 10.1. The van der Waals surface area contributed by atoms with Crippen LogP contribution < -0.4 is 0 Å². The van der Waals surface area contributed by atoms with Gasteiger partial charge in [-0.05, 0) is 55.0 Å². The van der Waals surface area contributed by atoms with Crippen LogP contribution in [0.4, 0.5) is 13.2 Å². The molecule has 0 aliphatic rings. The molecule has 0 unspecified atom stereocenters. The van der Waals surface area contributed by atoms with E-state index >= 15 is 0 Å². The van der Waals surface area contributed by atoms with E-state index < -0.39 is 17.5 Å². The van der Waals surface area contributed by atoms with Crippen LogP contribution in [0, 0.1) is 24.4 Å². The van der Waals surface area contributed by atoms with Crippen molar-refractivity contribution in [3.8, 4) is 16.8 Å². The fourth-order valence-corrected chi connectivity index (χ4v) is 3.91. The number of fused-ring (bicyclic) bond motifs is 1. The Hall–Kier alpha value is -3.65. The van der Waals surface area contributed by atoms with Gasteiger partial charge in [0.1, 0.15) is 11.5 Å². The summed E-state index contributed by atoms with van der Waals surface area (Å²) in [5, 5.41) is 4.66. The lowest BCUT2D eigenvalue weighted by molar-refractivity contribution is 0.566. The first-order valence-electron chi connectivity index (χ1n) is 9.67. The van der Waals surface area contributed by atoms with Gasteiger partial charge in [0.2, 0.25) is 0 Å². The summed E-state index contributed by atoms with van der Waals surface area (Å²) in [5.74, 6) is -1.48. The summed E-state index contributed by atoms with van der Waals surface area (Å²) in [6.45, 7) is 1.74. The Morgan fingerprint density at radius 1 is 1.00 bits per heavy atom. The predicted molar refractivity (Wildman–Crippen MR) is 114 cm³/mol. The van der Waals surface area contributed by atoms with Crippen molar-refractivity contribution in [2.45, 2.75) is 13.3 Å². The van der Waals surface area contributed by atoms with Crippen molar-refractivity contribution in [1.29, 1.82) is 0 Å². The maximum absolute atomic E-state index is 14.7. The standard InChI is InChI=1S/C23H15ClF3N5/c1-13-11-31(12-28-13)22-19(26)7-14(8-20(22)27)9-21-29-23-17(3-2-6-32(23)30-21)16-5-4-15(25)10-18(16)24/h2-8,10-12H,9H2,1H3. The smallest absolute Gasteiger partial charge is 0.163 e. The molecule has 0 saturated heterocycles. The van der Waals surface area contributed by atoms with Crippen LogP contribution >= 0.6 is 11.6 Å². The van der Waals surface area contributed by atoms with Crippen LogP contribution in [-0.4, -0.2) is 24.1 Å². The SMILES string of the molecule is Cc1cn(-c2c(F)cc(Cc3nc4c(-c5ccc(F)cc5Cl)cccn4n3)cc2F)cn1. The van der Waals surface area contributed by atoms with E-state index in [0.717, 1.165) is 0 Å². The Bertz CT molecular complexity index is 1450. The van der Waals surface area contributed by atoms with E-state index in [4.69, 9.17) is 11.6 Å². The Balaban J connectivity index is 1.51. The average molecular weight is 454 g/mol. The number of aromatic nitrogens is 5. The maximum atomic E-state index is 14.7. The van der Waals surface area contributed by atoms with Gasteiger partial charge in [-0.1, -0.05) is 11.6 Å². The highest BCUT2D eigenvalue weighted by Crippen LogP contribution is 2.31. The highest BCUT2D eigenvalue weighted by atomic mass is 35.5. The largest absolute Gasteiger partial charge is 0.301 e. The molecule has 32 heavy (non-hydrogen) atoms. The zero-order chi connectivity index (χ0) is 22.4. The second-order valence-electron chi connectivity index (χ2n) is 7.35. The third-order valence-electron chi connectivity index (χ3n) is 5.04. The molecular formula is C23H15ClF3N5. The molecule has 0 aliphatic heterocycles. The summed E-state index contributed by atoms with van der Waals surface area (Å²) in [4.78, 5) is 8.54. The molecule has 2 aromatic carbocycles. The number of imidazole rings is 1. The summed E-state index contributed by atoms with van der Waals surface area (Å²) in [7, 11) is 0. The van der Waals surface area contributed by atoms with E-state index in [0.29, 0.717) is 33.9 Å². The zero-order valence-electron chi connectivity index (χ0n) is 16.7. The number of rotatable bonds is 4. The van der Waals surface area contributed by atoms with E-state index in [1.165, 1.54) is 35.2 Å². The van der Waals surface area contributed by atoms with E-state index in [-0.39, 0.29) is 17.1 Å². The fourth-order valence-electron chi connectivity index (χ4n) is 3.64. The van der Waals surface area contributed by atoms with Crippen LogP contribution in [0.3, 0.4) is 0 Å². The van der Waals surface area contributed by atoms with Gasteiger partial charge >= 0.3 is 0 Å². The van der Waals surface area contributed by atoms with Gasteiger partial charge in [0.25, 0.3) is 0 Å². The van der Waals surface area contributed by atoms with Crippen molar-refractivity contribution in [2.75, 3.05) is 0 Å². The minimum atomic E-state index is -0.708. The van der Waals surface area contributed by atoms with Crippen LogP contribution in [0.2, 0.25) is 5.02 Å². The first kappa shape index (κ1) is 20.3. The monoisotopic (exact) mass is 453 g/mol. The third-order valence-corrected chi connectivity index (χ3v) is 5.35. The minimum absolute atomic E-state index is 0.120. The van der Waals surface area contributed by atoms with Crippen molar-refractivity contribution in [3.63, 3.8) is 0 Å². The molecule has 0 bridgehead atoms. The lowest BCUT2D eigenvalue weighted by Crippen LogP contribution is -2.02. The molecule has 5 aromatic rings. The molecule has 5 nitrogen and oxygen atoms in total. The molecule has 0 aliphatic carbocycles. The Kier molecular flexibility index (Phi) is 4.94. The van der Waals surface area contributed by atoms with Gasteiger partial charge in [-0.3, -0.25) is 0 Å². The van der Waals surface area contributed by atoms with Gasteiger partial charge in [0.15, 0.2) is 23.1 Å².